The van der Waals surface area contributed by atoms with Crippen LogP contribution >= 0.6 is 11.3 Å². The van der Waals surface area contributed by atoms with Crippen molar-refractivity contribution in [3.8, 4) is 0 Å². The summed E-state index contributed by atoms with van der Waals surface area (Å²) < 4.78 is 2.05. The van der Waals surface area contributed by atoms with Crippen molar-refractivity contribution >= 4 is 17.2 Å². The van der Waals surface area contributed by atoms with Crippen LogP contribution in [-0.4, -0.2) is 39.5 Å². The molecule has 3 aliphatic rings. The third-order valence-electron chi connectivity index (χ3n) is 6.67. The number of carbonyl (C=O) groups excluding carboxylic acids is 1. The van der Waals surface area contributed by atoms with E-state index in [2.05, 4.69) is 38.8 Å². The molecule has 0 radical (unpaired) electrons. The lowest BCUT2D eigenvalue weighted by Gasteiger charge is -2.22. The van der Waals surface area contributed by atoms with Gasteiger partial charge in [0.15, 0.2) is 0 Å². The first-order chi connectivity index (χ1) is 14.1. The molecule has 2 aromatic rings. The first kappa shape index (κ1) is 19.0. The summed E-state index contributed by atoms with van der Waals surface area (Å²) in [7, 11) is 0. The van der Waals surface area contributed by atoms with Crippen molar-refractivity contribution in [2.24, 2.45) is 5.92 Å². The molecule has 2 atom stereocenters. The van der Waals surface area contributed by atoms with E-state index in [-0.39, 0.29) is 23.1 Å². The number of hydrogen-bond donors (Lipinski definition) is 1. The number of nitrogens with one attached hydrogen (secondary N) is 1. The van der Waals surface area contributed by atoms with Gasteiger partial charge in [-0.1, -0.05) is 19.3 Å². The smallest absolute Gasteiger partial charge is 0.285 e. The monoisotopic (exact) mass is 412 g/mol. The maximum Gasteiger partial charge on any atom is 0.285 e. The Hall–Kier alpha value is -1.99. The number of likely N-dealkylation sites (tertiary alicyclic amines) is 1. The number of fused-ring (bicyclic) bond motifs is 3. The van der Waals surface area contributed by atoms with E-state index in [1.165, 1.54) is 16.2 Å². The SMILES string of the molecule is Cc1ccc(CN2CC3Cn4cc(C(=O)NC5CCCCC5)c(=O)nc4C3C2)s1. The molecule has 1 saturated heterocycles. The molecule has 2 unspecified atom stereocenters. The van der Waals surface area contributed by atoms with Gasteiger partial charge in [-0.2, -0.15) is 4.98 Å². The molecule has 7 heteroatoms. The second-order valence-corrected chi connectivity index (χ2v) is 10.2. The molecular formula is C22H28N4O2S. The molecule has 5 rings (SSSR count). The van der Waals surface area contributed by atoms with Crippen LogP contribution in [0.3, 0.4) is 0 Å². The van der Waals surface area contributed by atoms with Crippen LogP contribution in [0.4, 0.5) is 0 Å². The van der Waals surface area contributed by atoms with Crippen LogP contribution in [0.5, 0.6) is 0 Å². The van der Waals surface area contributed by atoms with Gasteiger partial charge in [0.1, 0.15) is 11.4 Å². The third-order valence-corrected chi connectivity index (χ3v) is 7.65. The summed E-state index contributed by atoms with van der Waals surface area (Å²) in [6.45, 7) is 5.90. The van der Waals surface area contributed by atoms with Crippen molar-refractivity contribution in [2.75, 3.05) is 13.1 Å². The van der Waals surface area contributed by atoms with Crippen molar-refractivity contribution in [3.05, 3.63) is 49.8 Å². The highest BCUT2D eigenvalue weighted by molar-refractivity contribution is 7.11. The maximum atomic E-state index is 12.7. The Balaban J connectivity index is 1.29. The molecule has 2 aromatic heterocycles. The number of hydrogen-bond acceptors (Lipinski definition) is 5. The van der Waals surface area contributed by atoms with Crippen LogP contribution in [-0.2, 0) is 13.1 Å². The van der Waals surface area contributed by atoms with E-state index in [9.17, 15) is 9.59 Å². The molecule has 6 nitrogen and oxygen atoms in total. The fraction of sp³-hybridized carbons (Fsp3) is 0.591. The Labute approximate surface area is 175 Å². The molecule has 1 aliphatic carbocycles. The molecule has 2 aliphatic heterocycles. The average Bonchev–Trinajstić information content (AvgIpc) is 3.37. The zero-order valence-corrected chi connectivity index (χ0v) is 17.7. The third kappa shape index (κ3) is 3.78. The van der Waals surface area contributed by atoms with Crippen molar-refractivity contribution in [3.63, 3.8) is 0 Å². The zero-order valence-electron chi connectivity index (χ0n) is 16.9. The van der Waals surface area contributed by atoms with Crippen LogP contribution in [0, 0.1) is 12.8 Å². The van der Waals surface area contributed by atoms with Gasteiger partial charge in [0.25, 0.3) is 11.5 Å². The highest BCUT2D eigenvalue weighted by atomic mass is 32.1. The van der Waals surface area contributed by atoms with Crippen molar-refractivity contribution in [2.45, 2.75) is 64.1 Å². The molecule has 0 aromatic carbocycles. The number of carbonyl (C=O) groups is 1. The minimum absolute atomic E-state index is 0.197. The molecule has 2 fully saturated rings. The second-order valence-electron chi connectivity index (χ2n) is 8.85. The van der Waals surface area contributed by atoms with E-state index in [1.807, 2.05) is 11.3 Å². The molecular weight excluding hydrogens is 384 g/mol. The van der Waals surface area contributed by atoms with Gasteiger partial charge >= 0.3 is 0 Å². The Kier molecular flexibility index (Phi) is 5.04. The molecule has 1 N–H and O–H groups in total. The number of amides is 1. The van der Waals surface area contributed by atoms with Crippen molar-refractivity contribution < 1.29 is 4.79 Å². The Morgan fingerprint density at radius 1 is 1.21 bits per heavy atom. The molecule has 0 spiro atoms. The largest absolute Gasteiger partial charge is 0.349 e. The topological polar surface area (TPSA) is 67.2 Å². The van der Waals surface area contributed by atoms with Gasteiger partial charge in [0.2, 0.25) is 0 Å². The number of rotatable bonds is 4. The molecule has 1 saturated carbocycles. The van der Waals surface area contributed by atoms with Gasteiger partial charge in [-0.05, 0) is 31.9 Å². The summed E-state index contributed by atoms with van der Waals surface area (Å²) >= 11 is 1.85. The molecule has 29 heavy (non-hydrogen) atoms. The van der Waals surface area contributed by atoms with Crippen molar-refractivity contribution in [1.29, 1.82) is 0 Å². The van der Waals surface area contributed by atoms with E-state index >= 15 is 0 Å². The lowest BCUT2D eigenvalue weighted by molar-refractivity contribution is 0.0925. The fourth-order valence-corrected chi connectivity index (χ4v) is 6.16. The number of aryl methyl sites for hydroxylation is 1. The summed E-state index contributed by atoms with van der Waals surface area (Å²) in [4.78, 5) is 34.9. The normalized spacial score (nSPS) is 24.4. The number of aromatic nitrogens is 2. The number of thiophene rings is 1. The highest BCUT2D eigenvalue weighted by Crippen LogP contribution is 2.38. The van der Waals surface area contributed by atoms with Crippen LogP contribution in [0.15, 0.2) is 23.1 Å². The highest BCUT2D eigenvalue weighted by Gasteiger charge is 2.41. The van der Waals surface area contributed by atoms with Crippen LogP contribution < -0.4 is 10.9 Å². The standard InChI is InChI=1S/C22H28N4O2S/c1-14-7-8-17(29-14)11-25-9-15-10-26-13-19(22(28)24-20(26)18(15)12-25)21(27)23-16-5-3-2-4-6-16/h7-8,13,15-16,18H,2-6,9-12H2,1H3,(H,23,27). The summed E-state index contributed by atoms with van der Waals surface area (Å²) in [5, 5.41) is 3.05. The quantitative estimate of drug-likeness (QED) is 0.839. The van der Waals surface area contributed by atoms with E-state index in [1.54, 1.807) is 6.20 Å². The van der Waals surface area contributed by atoms with Gasteiger partial charge in [0.05, 0.1) is 0 Å². The predicted molar refractivity (Wildman–Crippen MR) is 113 cm³/mol. The molecule has 4 heterocycles. The Bertz CT molecular complexity index is 975. The van der Waals surface area contributed by atoms with Gasteiger partial charge in [-0.25, -0.2) is 0 Å². The minimum atomic E-state index is -0.377. The maximum absolute atomic E-state index is 12.7. The van der Waals surface area contributed by atoms with E-state index in [0.717, 1.165) is 57.7 Å². The van der Waals surface area contributed by atoms with Crippen LogP contribution in [0.1, 0.15) is 64.0 Å². The average molecular weight is 413 g/mol. The van der Waals surface area contributed by atoms with Crippen molar-refractivity contribution in [1.82, 2.24) is 19.8 Å². The van der Waals surface area contributed by atoms with Crippen LogP contribution in [0.25, 0.3) is 0 Å². The second kappa shape index (κ2) is 7.69. The van der Waals surface area contributed by atoms with E-state index in [0.29, 0.717) is 11.8 Å². The first-order valence-electron chi connectivity index (χ1n) is 10.8. The fourth-order valence-electron chi connectivity index (χ4n) is 5.22. The van der Waals surface area contributed by atoms with E-state index in [4.69, 9.17) is 0 Å². The molecule has 154 valence electrons. The summed E-state index contributed by atoms with van der Waals surface area (Å²) in [5.74, 6) is 1.37. The Morgan fingerprint density at radius 2 is 2.03 bits per heavy atom. The summed E-state index contributed by atoms with van der Waals surface area (Å²) in [6.07, 6.45) is 7.31. The Morgan fingerprint density at radius 3 is 2.79 bits per heavy atom. The lowest BCUT2D eigenvalue weighted by Crippen LogP contribution is -2.39. The minimum Gasteiger partial charge on any atom is -0.349 e. The lowest BCUT2D eigenvalue weighted by atomic mass is 9.95. The van der Waals surface area contributed by atoms with Gasteiger partial charge in [-0.15, -0.1) is 11.3 Å². The molecule has 0 bridgehead atoms. The van der Waals surface area contributed by atoms with Gasteiger partial charge < -0.3 is 9.88 Å². The zero-order chi connectivity index (χ0) is 20.0. The predicted octanol–water partition coefficient (Wildman–Crippen LogP) is 2.90. The summed E-state index contributed by atoms with van der Waals surface area (Å²) in [5.41, 5.74) is -0.178. The van der Waals surface area contributed by atoms with Crippen LogP contribution in [0.2, 0.25) is 0 Å². The first-order valence-corrected chi connectivity index (χ1v) is 11.6. The van der Waals surface area contributed by atoms with Gasteiger partial charge in [-0.3, -0.25) is 14.5 Å². The summed E-state index contributed by atoms with van der Waals surface area (Å²) in [6, 6.07) is 4.58. The molecule has 1 amide bonds. The van der Waals surface area contributed by atoms with Gasteiger partial charge in [0, 0.05) is 60.0 Å². The van der Waals surface area contributed by atoms with E-state index < -0.39 is 0 Å². The number of nitrogens with zero attached hydrogens (tertiary/aromatic N) is 3.